The highest BCUT2D eigenvalue weighted by Gasteiger charge is 2.22. The maximum absolute atomic E-state index is 12.7. The van der Waals surface area contributed by atoms with Gasteiger partial charge >= 0.3 is 5.97 Å². The van der Waals surface area contributed by atoms with Crippen LogP contribution in [0, 0.1) is 11.3 Å². The molecular formula is C36H41N3O4S. The topological polar surface area (TPSA) is 103 Å². The minimum absolute atomic E-state index is 0.101. The molecule has 0 saturated carbocycles. The minimum Gasteiger partial charge on any atom is -0.497 e. The highest BCUT2D eigenvalue weighted by Crippen LogP contribution is 2.49. The number of fused-ring (bicyclic) bond motifs is 2. The SMILES string of the molecule is COc1ccc(-c2ccc3c(c2)Sc2cc(/C=C(\C#N)C(=O)NCCCCCCCCCCCC(=O)O)ccc2N3C)cc1. The van der Waals surface area contributed by atoms with Crippen LogP contribution in [-0.4, -0.2) is 37.7 Å². The molecule has 1 amide bonds. The van der Waals surface area contributed by atoms with Gasteiger partial charge in [0.2, 0.25) is 0 Å². The van der Waals surface area contributed by atoms with Crippen molar-refractivity contribution in [2.24, 2.45) is 0 Å². The van der Waals surface area contributed by atoms with Crippen molar-refractivity contribution in [2.75, 3.05) is 25.6 Å². The smallest absolute Gasteiger partial charge is 0.303 e. The first-order valence-corrected chi connectivity index (χ1v) is 16.2. The standard InChI is InChI=1S/C36H41N3O4S/c1-39-31-19-13-26(22-29(25-37)36(42)38-21-11-9-7-5-3-4-6-8-10-12-35(40)41)23-33(31)44-34-24-28(16-20-32(34)39)27-14-17-30(43-2)18-15-27/h13-20,22-24H,3-12,21H2,1-2H3,(H,38,42)(H,40,41)/b29-22+. The number of aliphatic carboxylic acids is 1. The van der Waals surface area contributed by atoms with Gasteiger partial charge < -0.3 is 20.1 Å². The molecule has 1 aliphatic rings. The number of amides is 1. The summed E-state index contributed by atoms with van der Waals surface area (Å²) in [5.41, 5.74) is 5.37. The van der Waals surface area contributed by atoms with Crippen LogP contribution in [0.4, 0.5) is 11.4 Å². The fraction of sp³-hybridized carbons (Fsp3) is 0.361. The summed E-state index contributed by atoms with van der Waals surface area (Å²) in [5.74, 6) is -0.232. The molecule has 44 heavy (non-hydrogen) atoms. The van der Waals surface area contributed by atoms with E-state index in [0.29, 0.717) is 6.54 Å². The Kier molecular flexibility index (Phi) is 12.3. The van der Waals surface area contributed by atoms with Gasteiger partial charge in [0.05, 0.1) is 18.5 Å². The average Bonchev–Trinajstić information content (AvgIpc) is 3.03. The van der Waals surface area contributed by atoms with Crippen molar-refractivity contribution in [3.63, 3.8) is 0 Å². The predicted octanol–water partition coefficient (Wildman–Crippen LogP) is 8.60. The summed E-state index contributed by atoms with van der Waals surface area (Å²) in [6.07, 6.45) is 11.2. The van der Waals surface area contributed by atoms with Gasteiger partial charge in [-0.05, 0) is 72.0 Å². The molecule has 1 heterocycles. The maximum atomic E-state index is 12.7. The first kappa shape index (κ1) is 32.7. The third-order valence-corrected chi connectivity index (χ3v) is 8.93. The molecule has 7 nitrogen and oxygen atoms in total. The molecule has 230 valence electrons. The Morgan fingerprint density at radius 2 is 1.45 bits per heavy atom. The number of hydrogen-bond donors (Lipinski definition) is 2. The number of carbonyl (C=O) groups is 2. The Balaban J connectivity index is 1.27. The molecule has 0 saturated heterocycles. The van der Waals surface area contributed by atoms with Crippen LogP contribution in [0.2, 0.25) is 0 Å². The molecule has 8 heteroatoms. The number of anilines is 2. The normalized spacial score (nSPS) is 12.2. The Morgan fingerprint density at radius 3 is 2.09 bits per heavy atom. The van der Waals surface area contributed by atoms with Crippen molar-refractivity contribution in [1.29, 1.82) is 5.26 Å². The molecule has 0 aliphatic carbocycles. The van der Waals surface area contributed by atoms with Gasteiger partial charge in [-0.2, -0.15) is 5.26 Å². The summed E-state index contributed by atoms with van der Waals surface area (Å²) in [6, 6.07) is 22.6. The van der Waals surface area contributed by atoms with E-state index in [1.165, 1.54) is 0 Å². The number of methoxy groups -OCH3 is 1. The number of nitrogens with one attached hydrogen (secondary N) is 1. The van der Waals surface area contributed by atoms with E-state index in [0.717, 1.165) is 101 Å². The largest absolute Gasteiger partial charge is 0.497 e. The molecule has 4 rings (SSSR count). The Hall–Kier alpha value is -4.22. The summed E-state index contributed by atoms with van der Waals surface area (Å²) in [7, 11) is 3.72. The highest BCUT2D eigenvalue weighted by molar-refractivity contribution is 7.99. The summed E-state index contributed by atoms with van der Waals surface area (Å²) >= 11 is 1.69. The molecular weight excluding hydrogens is 570 g/mol. The molecule has 0 fully saturated rings. The van der Waals surface area contributed by atoms with Gasteiger partial charge in [0.1, 0.15) is 17.4 Å². The number of rotatable bonds is 16. The van der Waals surface area contributed by atoms with Crippen LogP contribution in [0.5, 0.6) is 5.75 Å². The highest BCUT2D eigenvalue weighted by atomic mass is 32.2. The molecule has 0 radical (unpaired) electrons. The van der Waals surface area contributed by atoms with Crippen LogP contribution in [-0.2, 0) is 9.59 Å². The number of unbranched alkanes of at least 4 members (excludes halogenated alkanes) is 8. The second kappa shape index (κ2) is 16.6. The number of nitrogens with zero attached hydrogens (tertiary/aromatic N) is 2. The lowest BCUT2D eigenvalue weighted by Crippen LogP contribution is -2.25. The second-order valence-corrected chi connectivity index (χ2v) is 12.1. The number of ether oxygens (including phenoxy) is 1. The quantitative estimate of drug-likeness (QED) is 0.0950. The number of benzene rings is 3. The van der Waals surface area contributed by atoms with Gasteiger partial charge in [-0.25, -0.2) is 0 Å². The summed E-state index contributed by atoms with van der Waals surface area (Å²) < 4.78 is 5.30. The molecule has 1 aliphatic heterocycles. The van der Waals surface area contributed by atoms with Gasteiger partial charge in [-0.1, -0.05) is 81.0 Å². The third kappa shape index (κ3) is 9.14. The van der Waals surface area contributed by atoms with Crippen molar-refractivity contribution >= 4 is 41.1 Å². The molecule has 0 unspecified atom stereocenters. The second-order valence-electron chi connectivity index (χ2n) is 11.1. The number of hydrogen-bond acceptors (Lipinski definition) is 6. The Labute approximate surface area is 264 Å². The molecule has 0 aromatic heterocycles. The molecule has 2 N–H and O–H groups in total. The van der Waals surface area contributed by atoms with Crippen LogP contribution >= 0.6 is 11.8 Å². The monoisotopic (exact) mass is 611 g/mol. The Morgan fingerprint density at radius 1 is 0.864 bits per heavy atom. The van der Waals surface area contributed by atoms with Crippen LogP contribution in [0.3, 0.4) is 0 Å². The fourth-order valence-corrected chi connectivity index (χ4v) is 6.55. The van der Waals surface area contributed by atoms with E-state index in [1.807, 2.05) is 30.3 Å². The van der Waals surface area contributed by atoms with E-state index in [2.05, 4.69) is 53.7 Å². The molecule has 0 bridgehead atoms. The van der Waals surface area contributed by atoms with E-state index >= 15 is 0 Å². The van der Waals surface area contributed by atoms with Gasteiger partial charge in [0.25, 0.3) is 5.91 Å². The van der Waals surface area contributed by atoms with Gasteiger partial charge in [0, 0.05) is 29.8 Å². The zero-order valence-corrected chi connectivity index (χ0v) is 26.4. The first-order chi connectivity index (χ1) is 21.4. The Bertz CT molecular complexity index is 1510. The lowest BCUT2D eigenvalue weighted by molar-refractivity contribution is -0.137. The van der Waals surface area contributed by atoms with E-state index in [1.54, 1.807) is 24.9 Å². The lowest BCUT2D eigenvalue weighted by atomic mass is 10.0. The maximum Gasteiger partial charge on any atom is 0.303 e. The van der Waals surface area contributed by atoms with Crippen molar-refractivity contribution in [1.82, 2.24) is 5.32 Å². The van der Waals surface area contributed by atoms with Crippen LogP contribution in [0.15, 0.2) is 76.0 Å². The van der Waals surface area contributed by atoms with Crippen molar-refractivity contribution in [2.45, 2.75) is 74.0 Å². The lowest BCUT2D eigenvalue weighted by Gasteiger charge is -2.30. The number of nitriles is 1. The molecule has 0 atom stereocenters. The number of carbonyl (C=O) groups excluding carboxylic acids is 1. The third-order valence-electron chi connectivity index (χ3n) is 7.84. The number of carboxylic acids is 1. The van der Waals surface area contributed by atoms with E-state index in [-0.39, 0.29) is 17.9 Å². The van der Waals surface area contributed by atoms with Crippen molar-refractivity contribution in [3.05, 3.63) is 71.8 Å². The molecule has 3 aromatic rings. The van der Waals surface area contributed by atoms with Crippen molar-refractivity contribution in [3.8, 4) is 22.9 Å². The molecule has 3 aromatic carbocycles. The zero-order chi connectivity index (χ0) is 31.3. The molecule has 0 spiro atoms. The minimum atomic E-state index is -0.716. The van der Waals surface area contributed by atoms with E-state index < -0.39 is 5.97 Å². The van der Waals surface area contributed by atoms with E-state index in [4.69, 9.17) is 9.84 Å². The van der Waals surface area contributed by atoms with Gasteiger partial charge in [0.15, 0.2) is 0 Å². The van der Waals surface area contributed by atoms with Gasteiger partial charge in [-0.3, -0.25) is 9.59 Å². The van der Waals surface area contributed by atoms with Crippen LogP contribution < -0.4 is 15.0 Å². The van der Waals surface area contributed by atoms with Crippen LogP contribution in [0.1, 0.15) is 69.8 Å². The first-order valence-electron chi connectivity index (χ1n) is 15.4. The zero-order valence-electron chi connectivity index (χ0n) is 25.6. The fourth-order valence-electron chi connectivity index (χ4n) is 5.31. The summed E-state index contributed by atoms with van der Waals surface area (Å²) in [6.45, 7) is 0.547. The number of carboxylic acid groups (broad SMARTS) is 1. The van der Waals surface area contributed by atoms with Crippen molar-refractivity contribution < 1.29 is 19.4 Å². The van der Waals surface area contributed by atoms with Gasteiger partial charge in [-0.15, -0.1) is 0 Å². The summed E-state index contributed by atoms with van der Waals surface area (Å²) in [4.78, 5) is 27.7. The summed E-state index contributed by atoms with van der Waals surface area (Å²) in [5, 5.41) is 21.3. The van der Waals surface area contributed by atoms with Crippen LogP contribution in [0.25, 0.3) is 17.2 Å². The predicted molar refractivity (Wildman–Crippen MR) is 177 cm³/mol. The van der Waals surface area contributed by atoms with E-state index in [9.17, 15) is 14.9 Å². The average molecular weight is 612 g/mol.